The van der Waals surface area contributed by atoms with Crippen molar-refractivity contribution in [3.05, 3.63) is 64.7 Å². The summed E-state index contributed by atoms with van der Waals surface area (Å²) in [6, 6.07) is 12.9. The summed E-state index contributed by atoms with van der Waals surface area (Å²) in [6.07, 6.45) is 0. The maximum Gasteiger partial charge on any atom is 0.253 e. The lowest BCUT2D eigenvalue weighted by Crippen LogP contribution is -2.49. The van der Waals surface area contributed by atoms with Gasteiger partial charge in [0.1, 0.15) is 0 Å². The molecule has 3 rings (SSSR count). The number of piperazine rings is 1. The summed E-state index contributed by atoms with van der Waals surface area (Å²) in [5, 5.41) is 0. The summed E-state index contributed by atoms with van der Waals surface area (Å²) in [5.74, 6) is -0.488. The Morgan fingerprint density at radius 3 is 1.88 bits per heavy atom. The van der Waals surface area contributed by atoms with Crippen LogP contribution in [0.5, 0.6) is 0 Å². The number of aryl methyl sites for hydroxylation is 2. The van der Waals surface area contributed by atoms with Crippen LogP contribution in [-0.4, -0.2) is 42.9 Å². The number of primary amides is 1. The minimum Gasteiger partial charge on any atom is -0.368 e. The van der Waals surface area contributed by atoms with E-state index in [0.29, 0.717) is 24.2 Å². The van der Waals surface area contributed by atoms with Gasteiger partial charge in [-0.25, -0.2) is 0 Å². The number of rotatable bonds is 3. The van der Waals surface area contributed by atoms with Crippen molar-refractivity contribution >= 4 is 17.5 Å². The summed E-state index contributed by atoms with van der Waals surface area (Å²) in [5.41, 5.74) is 10.0. The predicted molar refractivity (Wildman–Crippen MR) is 99.0 cm³/mol. The molecule has 2 aromatic rings. The second kappa shape index (κ2) is 6.97. The number of anilines is 1. The van der Waals surface area contributed by atoms with Gasteiger partial charge in [0.15, 0.2) is 0 Å². The van der Waals surface area contributed by atoms with Gasteiger partial charge in [0.05, 0.1) is 0 Å². The van der Waals surface area contributed by atoms with Crippen LogP contribution in [0.4, 0.5) is 5.69 Å². The van der Waals surface area contributed by atoms with Crippen molar-refractivity contribution in [3.63, 3.8) is 0 Å². The van der Waals surface area contributed by atoms with Crippen LogP contribution in [0.2, 0.25) is 0 Å². The van der Waals surface area contributed by atoms with E-state index < -0.39 is 5.91 Å². The number of nitrogens with zero attached hydrogens (tertiary/aromatic N) is 2. The number of hydrogen-bond acceptors (Lipinski definition) is 3. The van der Waals surface area contributed by atoms with Crippen molar-refractivity contribution in [3.8, 4) is 0 Å². The molecule has 0 atom stereocenters. The van der Waals surface area contributed by atoms with Gasteiger partial charge in [-0.1, -0.05) is 18.2 Å². The lowest BCUT2D eigenvalue weighted by atomic mass is 10.1. The van der Waals surface area contributed by atoms with Gasteiger partial charge in [0.2, 0.25) is 5.91 Å². The Bertz CT molecular complexity index is 771. The quantitative estimate of drug-likeness (QED) is 0.935. The molecule has 5 heteroatoms. The fourth-order valence-electron chi connectivity index (χ4n) is 3.40. The van der Waals surface area contributed by atoms with Gasteiger partial charge < -0.3 is 15.5 Å². The lowest BCUT2D eigenvalue weighted by Gasteiger charge is -2.37. The topological polar surface area (TPSA) is 66.6 Å². The van der Waals surface area contributed by atoms with Gasteiger partial charge in [-0.05, 0) is 49.2 Å². The zero-order chi connectivity index (χ0) is 18.0. The maximum atomic E-state index is 12.6. The van der Waals surface area contributed by atoms with Crippen LogP contribution >= 0.6 is 0 Å². The van der Waals surface area contributed by atoms with Crippen molar-refractivity contribution in [1.29, 1.82) is 0 Å². The molecule has 1 fully saturated rings. The van der Waals surface area contributed by atoms with Crippen LogP contribution in [0.15, 0.2) is 42.5 Å². The molecule has 1 aliphatic rings. The number of benzene rings is 2. The zero-order valence-electron chi connectivity index (χ0n) is 14.7. The molecule has 0 radical (unpaired) electrons. The summed E-state index contributed by atoms with van der Waals surface area (Å²) in [4.78, 5) is 28.0. The van der Waals surface area contributed by atoms with Crippen molar-refractivity contribution in [2.45, 2.75) is 13.8 Å². The molecule has 0 unspecified atom stereocenters. The van der Waals surface area contributed by atoms with Crippen molar-refractivity contribution < 1.29 is 9.59 Å². The van der Waals surface area contributed by atoms with E-state index in [1.54, 1.807) is 24.3 Å². The molecule has 1 saturated heterocycles. The van der Waals surface area contributed by atoms with Gasteiger partial charge in [-0.15, -0.1) is 0 Å². The normalized spacial score (nSPS) is 14.5. The number of carbonyl (C=O) groups is 2. The molecule has 130 valence electrons. The molecule has 1 aliphatic heterocycles. The largest absolute Gasteiger partial charge is 0.368 e. The fraction of sp³-hybridized carbons (Fsp3) is 0.300. The van der Waals surface area contributed by atoms with E-state index in [2.05, 4.69) is 36.9 Å². The first-order chi connectivity index (χ1) is 12.0. The highest BCUT2D eigenvalue weighted by molar-refractivity contribution is 5.97. The van der Waals surface area contributed by atoms with Gasteiger partial charge in [-0.2, -0.15) is 0 Å². The summed E-state index contributed by atoms with van der Waals surface area (Å²) < 4.78 is 0. The smallest absolute Gasteiger partial charge is 0.253 e. The van der Waals surface area contributed by atoms with E-state index in [4.69, 9.17) is 5.73 Å². The molecule has 2 amide bonds. The Hall–Kier alpha value is -2.82. The summed E-state index contributed by atoms with van der Waals surface area (Å²) in [7, 11) is 0. The molecule has 2 N–H and O–H groups in total. The van der Waals surface area contributed by atoms with Gasteiger partial charge in [0, 0.05) is 43.0 Å². The molecule has 0 saturated carbocycles. The number of nitrogens with two attached hydrogens (primary N) is 1. The average Bonchev–Trinajstić information content (AvgIpc) is 2.61. The molecule has 5 nitrogen and oxygen atoms in total. The molecule has 0 aliphatic carbocycles. The lowest BCUT2D eigenvalue weighted by molar-refractivity contribution is 0.0746. The molecule has 0 aromatic heterocycles. The van der Waals surface area contributed by atoms with Crippen LogP contribution in [0.25, 0.3) is 0 Å². The summed E-state index contributed by atoms with van der Waals surface area (Å²) >= 11 is 0. The molecule has 2 aromatic carbocycles. The van der Waals surface area contributed by atoms with E-state index in [1.807, 2.05) is 4.90 Å². The molecule has 25 heavy (non-hydrogen) atoms. The van der Waals surface area contributed by atoms with Crippen LogP contribution in [0.1, 0.15) is 31.8 Å². The fourth-order valence-corrected chi connectivity index (χ4v) is 3.40. The van der Waals surface area contributed by atoms with Crippen LogP contribution in [-0.2, 0) is 0 Å². The number of hydrogen-bond donors (Lipinski definition) is 1. The SMILES string of the molecule is Cc1cccc(C)c1N1CCN(C(=O)c2ccc(C(N)=O)cc2)CC1. The highest BCUT2D eigenvalue weighted by Crippen LogP contribution is 2.25. The van der Waals surface area contributed by atoms with E-state index in [9.17, 15) is 9.59 Å². The van der Waals surface area contributed by atoms with Gasteiger partial charge >= 0.3 is 0 Å². The van der Waals surface area contributed by atoms with E-state index >= 15 is 0 Å². The first-order valence-corrected chi connectivity index (χ1v) is 8.47. The molecule has 0 spiro atoms. The van der Waals surface area contributed by atoms with Crippen molar-refractivity contribution in [1.82, 2.24) is 4.90 Å². The van der Waals surface area contributed by atoms with Gasteiger partial charge in [0.25, 0.3) is 5.91 Å². The Balaban J connectivity index is 1.67. The molecular formula is C20H23N3O2. The molecule has 1 heterocycles. The van der Waals surface area contributed by atoms with E-state index in [1.165, 1.54) is 16.8 Å². The highest BCUT2D eigenvalue weighted by Gasteiger charge is 2.23. The van der Waals surface area contributed by atoms with Crippen LogP contribution in [0, 0.1) is 13.8 Å². The predicted octanol–water partition coefficient (Wildman–Crippen LogP) is 2.36. The standard InChI is InChI=1S/C20H23N3O2/c1-14-4-3-5-15(2)18(14)22-10-12-23(13-11-22)20(25)17-8-6-16(7-9-17)19(21)24/h3-9H,10-13H2,1-2H3,(H2,21,24). The average molecular weight is 337 g/mol. The third kappa shape index (κ3) is 3.50. The zero-order valence-corrected chi connectivity index (χ0v) is 14.7. The third-order valence-electron chi connectivity index (χ3n) is 4.74. The number of carbonyl (C=O) groups excluding carboxylic acids is 2. The Labute approximate surface area is 148 Å². The monoisotopic (exact) mass is 337 g/mol. The molecular weight excluding hydrogens is 314 g/mol. The summed E-state index contributed by atoms with van der Waals surface area (Å²) in [6.45, 7) is 7.25. The van der Waals surface area contributed by atoms with Gasteiger partial charge in [-0.3, -0.25) is 9.59 Å². The minimum atomic E-state index is -0.485. The van der Waals surface area contributed by atoms with E-state index in [-0.39, 0.29) is 5.91 Å². The van der Waals surface area contributed by atoms with Crippen molar-refractivity contribution in [2.24, 2.45) is 5.73 Å². The maximum absolute atomic E-state index is 12.6. The second-order valence-electron chi connectivity index (χ2n) is 6.46. The highest BCUT2D eigenvalue weighted by atomic mass is 16.2. The van der Waals surface area contributed by atoms with Crippen LogP contribution < -0.4 is 10.6 Å². The third-order valence-corrected chi connectivity index (χ3v) is 4.74. The molecule has 0 bridgehead atoms. The second-order valence-corrected chi connectivity index (χ2v) is 6.46. The minimum absolute atomic E-state index is 0.00261. The first kappa shape index (κ1) is 17.0. The Morgan fingerprint density at radius 2 is 1.36 bits per heavy atom. The Morgan fingerprint density at radius 1 is 0.840 bits per heavy atom. The van der Waals surface area contributed by atoms with Crippen LogP contribution in [0.3, 0.4) is 0 Å². The first-order valence-electron chi connectivity index (χ1n) is 8.47. The number of amides is 2. The number of para-hydroxylation sites is 1. The Kier molecular flexibility index (Phi) is 4.74. The van der Waals surface area contributed by atoms with Crippen molar-refractivity contribution in [2.75, 3.05) is 31.1 Å². The van der Waals surface area contributed by atoms with E-state index in [0.717, 1.165) is 13.1 Å².